The zero-order valence-electron chi connectivity index (χ0n) is 4.33. The second-order valence-corrected chi connectivity index (χ2v) is 1.68. The van der Waals surface area contributed by atoms with Crippen LogP contribution in [0.25, 0.3) is 0 Å². The fourth-order valence-corrected chi connectivity index (χ4v) is 0.432. The number of rotatable bonds is 0. The van der Waals surface area contributed by atoms with Crippen LogP contribution in [0.3, 0.4) is 0 Å². The Morgan fingerprint density at radius 2 is 2.25 bits per heavy atom. The van der Waals surface area contributed by atoms with Gasteiger partial charge in [0.25, 0.3) is 0 Å². The molecular formula is C4H8N4. The van der Waals surface area contributed by atoms with Gasteiger partial charge in [-0.1, -0.05) is 0 Å². The summed E-state index contributed by atoms with van der Waals surface area (Å²) in [6.45, 7) is 0. The molecule has 0 aliphatic carbocycles. The number of hydrogen-bond acceptors (Lipinski definition) is 4. The third-order valence-electron chi connectivity index (χ3n) is 0.791. The zero-order chi connectivity index (χ0) is 6.04. The van der Waals surface area contributed by atoms with E-state index in [1.165, 1.54) is 0 Å². The van der Waals surface area contributed by atoms with Crippen LogP contribution in [0.1, 0.15) is 0 Å². The summed E-state index contributed by atoms with van der Waals surface area (Å²) >= 11 is 0. The molecule has 0 spiro atoms. The molecule has 4 heteroatoms. The summed E-state index contributed by atoms with van der Waals surface area (Å²) in [4.78, 5) is 0. The maximum atomic E-state index is 5.34. The summed E-state index contributed by atoms with van der Waals surface area (Å²) in [6, 6.07) is 0. The average molecular weight is 112 g/mol. The van der Waals surface area contributed by atoms with Crippen molar-refractivity contribution in [2.75, 3.05) is 0 Å². The summed E-state index contributed by atoms with van der Waals surface area (Å²) in [5.41, 5.74) is 13.2. The summed E-state index contributed by atoms with van der Waals surface area (Å²) in [6.07, 6.45) is 4.90. The molecule has 1 heterocycles. The van der Waals surface area contributed by atoms with Gasteiger partial charge in [-0.15, -0.1) is 0 Å². The van der Waals surface area contributed by atoms with E-state index in [1.807, 2.05) is 0 Å². The van der Waals surface area contributed by atoms with Gasteiger partial charge >= 0.3 is 0 Å². The van der Waals surface area contributed by atoms with Crippen molar-refractivity contribution in [1.29, 1.82) is 0 Å². The first-order valence-corrected chi connectivity index (χ1v) is 2.26. The molecule has 0 bridgehead atoms. The van der Waals surface area contributed by atoms with Crippen LogP contribution in [-0.4, -0.2) is 12.0 Å². The van der Waals surface area contributed by atoms with Crippen LogP contribution in [0, 0.1) is 0 Å². The molecule has 0 radical (unpaired) electrons. The van der Waals surface area contributed by atoms with Gasteiger partial charge in [-0.2, -0.15) is 5.10 Å². The second kappa shape index (κ2) is 1.57. The normalized spacial score (nSPS) is 22.8. The highest BCUT2D eigenvalue weighted by atomic mass is 15.4. The Hall–Kier alpha value is -0.870. The largest absolute Gasteiger partial charge is 0.292 e. The van der Waals surface area contributed by atoms with E-state index in [-0.39, 0.29) is 0 Å². The van der Waals surface area contributed by atoms with E-state index in [0.29, 0.717) is 0 Å². The Morgan fingerprint density at radius 3 is 2.50 bits per heavy atom. The molecule has 0 amide bonds. The minimum atomic E-state index is -0.950. The van der Waals surface area contributed by atoms with Gasteiger partial charge in [0.2, 0.25) is 0 Å². The van der Waals surface area contributed by atoms with Crippen LogP contribution >= 0.6 is 0 Å². The minimum Gasteiger partial charge on any atom is -0.292 e. The molecule has 0 unspecified atom stereocenters. The Labute approximate surface area is 47.2 Å². The lowest BCUT2D eigenvalue weighted by atomic mass is 10.3. The van der Waals surface area contributed by atoms with Crippen LogP contribution in [0.4, 0.5) is 0 Å². The molecule has 0 atom stereocenters. The van der Waals surface area contributed by atoms with Crippen LogP contribution in [0.15, 0.2) is 17.3 Å². The fraction of sp³-hybridized carbons (Fsp3) is 0.250. The molecule has 0 saturated heterocycles. The Morgan fingerprint density at radius 1 is 1.50 bits per heavy atom. The van der Waals surface area contributed by atoms with Crippen molar-refractivity contribution in [3.63, 3.8) is 0 Å². The standard InChI is InChI=1S/C4H8N4/c5-4(6)2-1-3-7-8-4/h1-3,8H,5-6H2. The summed E-state index contributed by atoms with van der Waals surface area (Å²) < 4.78 is 0. The molecule has 0 aromatic heterocycles. The molecule has 1 rings (SSSR count). The summed E-state index contributed by atoms with van der Waals surface area (Å²) in [5.74, 6) is -0.950. The molecule has 1 aliphatic heterocycles. The van der Waals surface area contributed by atoms with E-state index in [1.54, 1.807) is 18.4 Å². The smallest absolute Gasteiger partial charge is 0.174 e. The second-order valence-electron chi connectivity index (χ2n) is 1.68. The Balaban J connectivity index is 2.65. The lowest BCUT2D eigenvalue weighted by Gasteiger charge is -2.20. The fourth-order valence-electron chi connectivity index (χ4n) is 0.432. The third-order valence-corrected chi connectivity index (χ3v) is 0.791. The van der Waals surface area contributed by atoms with Crippen LogP contribution in [0.2, 0.25) is 0 Å². The zero-order valence-corrected chi connectivity index (χ0v) is 4.33. The SMILES string of the molecule is NC1(N)C=CC=NN1. The predicted octanol–water partition coefficient (Wildman–Crippen LogP) is -1.30. The summed E-state index contributed by atoms with van der Waals surface area (Å²) in [7, 11) is 0. The maximum Gasteiger partial charge on any atom is 0.174 e. The molecule has 0 saturated carbocycles. The monoisotopic (exact) mass is 112 g/mol. The molecule has 0 fully saturated rings. The first-order valence-electron chi connectivity index (χ1n) is 2.26. The lowest BCUT2D eigenvalue weighted by molar-refractivity contribution is 0.442. The van der Waals surface area contributed by atoms with Gasteiger partial charge in [0.1, 0.15) is 0 Å². The van der Waals surface area contributed by atoms with Crippen molar-refractivity contribution in [2.45, 2.75) is 5.79 Å². The highest BCUT2D eigenvalue weighted by Gasteiger charge is 2.12. The minimum absolute atomic E-state index is 0.950. The number of hydrazone groups is 1. The number of nitrogens with zero attached hydrogens (tertiary/aromatic N) is 1. The maximum absolute atomic E-state index is 5.34. The van der Waals surface area contributed by atoms with Crippen molar-refractivity contribution < 1.29 is 0 Å². The van der Waals surface area contributed by atoms with Gasteiger partial charge < -0.3 is 0 Å². The molecule has 0 aromatic rings. The highest BCUT2D eigenvalue weighted by Crippen LogP contribution is 1.89. The van der Waals surface area contributed by atoms with Gasteiger partial charge in [0, 0.05) is 6.21 Å². The van der Waals surface area contributed by atoms with Crippen molar-refractivity contribution >= 4 is 6.21 Å². The first-order chi connectivity index (χ1) is 3.71. The van der Waals surface area contributed by atoms with E-state index in [2.05, 4.69) is 10.5 Å². The molecule has 1 aliphatic rings. The molecule has 44 valence electrons. The Kier molecular flexibility index (Phi) is 1.04. The van der Waals surface area contributed by atoms with Gasteiger partial charge in [-0.05, 0) is 12.2 Å². The predicted molar refractivity (Wildman–Crippen MR) is 31.9 cm³/mol. The molecule has 4 nitrogen and oxygen atoms in total. The van der Waals surface area contributed by atoms with Gasteiger partial charge in [0.05, 0.1) is 0 Å². The molecule has 8 heavy (non-hydrogen) atoms. The highest BCUT2D eigenvalue weighted by molar-refractivity contribution is 5.71. The van der Waals surface area contributed by atoms with Crippen molar-refractivity contribution in [3.05, 3.63) is 12.2 Å². The van der Waals surface area contributed by atoms with Crippen LogP contribution in [0.5, 0.6) is 0 Å². The quantitative estimate of drug-likeness (QED) is 0.341. The van der Waals surface area contributed by atoms with Crippen LogP contribution < -0.4 is 16.9 Å². The molecule has 0 aromatic carbocycles. The van der Waals surface area contributed by atoms with E-state index < -0.39 is 5.79 Å². The number of nitrogens with two attached hydrogens (primary N) is 2. The average Bonchev–Trinajstić information content (AvgIpc) is 1.65. The molecular weight excluding hydrogens is 104 g/mol. The van der Waals surface area contributed by atoms with Crippen molar-refractivity contribution in [3.8, 4) is 0 Å². The van der Waals surface area contributed by atoms with E-state index in [9.17, 15) is 0 Å². The van der Waals surface area contributed by atoms with E-state index >= 15 is 0 Å². The van der Waals surface area contributed by atoms with E-state index in [4.69, 9.17) is 11.5 Å². The van der Waals surface area contributed by atoms with Crippen LogP contribution in [-0.2, 0) is 0 Å². The summed E-state index contributed by atoms with van der Waals surface area (Å²) in [5, 5.41) is 3.62. The third kappa shape index (κ3) is 1.05. The molecule has 5 N–H and O–H groups in total. The van der Waals surface area contributed by atoms with Gasteiger partial charge in [-0.3, -0.25) is 16.9 Å². The lowest BCUT2D eigenvalue weighted by Crippen LogP contribution is -2.58. The number of nitrogens with one attached hydrogen (secondary N) is 1. The number of hydrogen-bond donors (Lipinski definition) is 3. The number of allylic oxidation sites excluding steroid dienone is 1. The van der Waals surface area contributed by atoms with Crippen molar-refractivity contribution in [2.24, 2.45) is 16.6 Å². The van der Waals surface area contributed by atoms with Crippen molar-refractivity contribution in [1.82, 2.24) is 5.43 Å². The van der Waals surface area contributed by atoms with Gasteiger partial charge in [-0.25, -0.2) is 0 Å². The topological polar surface area (TPSA) is 76.4 Å². The Bertz CT molecular complexity index is 135. The first kappa shape index (κ1) is 5.27. The van der Waals surface area contributed by atoms with Gasteiger partial charge in [0.15, 0.2) is 5.79 Å². The van der Waals surface area contributed by atoms with E-state index in [0.717, 1.165) is 0 Å².